The molecule has 1 fully saturated rings. The van der Waals surface area contributed by atoms with Gasteiger partial charge in [0.2, 0.25) is 0 Å². The Kier molecular flexibility index (Phi) is 4.54. The number of halogens is 1. The maximum atomic E-state index is 4.56. The third-order valence-electron chi connectivity index (χ3n) is 3.17. The zero-order valence-electron chi connectivity index (χ0n) is 11.2. The topological polar surface area (TPSA) is 37.8 Å². The van der Waals surface area contributed by atoms with Crippen molar-refractivity contribution >= 4 is 33.5 Å². The number of hydrogen-bond acceptors (Lipinski definition) is 4. The largest absolute Gasteiger partial charge is 0.369 e. The molecule has 1 aliphatic rings. The van der Waals surface area contributed by atoms with E-state index < -0.39 is 0 Å². The molecule has 1 atom stereocenters. The van der Waals surface area contributed by atoms with Crippen LogP contribution in [-0.4, -0.2) is 27.0 Å². The summed E-state index contributed by atoms with van der Waals surface area (Å²) in [4.78, 5) is 8.95. The highest BCUT2D eigenvalue weighted by Gasteiger charge is 2.29. The molecule has 0 spiro atoms. The zero-order valence-corrected chi connectivity index (χ0v) is 13.6. The number of rotatable bonds is 4. The van der Waals surface area contributed by atoms with Gasteiger partial charge in [-0.3, -0.25) is 0 Å². The van der Waals surface area contributed by atoms with Crippen molar-refractivity contribution in [2.45, 2.75) is 44.3 Å². The summed E-state index contributed by atoms with van der Waals surface area (Å²) in [5.74, 6) is 3.44. The molecule has 1 unspecified atom stereocenters. The summed E-state index contributed by atoms with van der Waals surface area (Å²) in [5, 5.41) is 3.46. The van der Waals surface area contributed by atoms with Crippen LogP contribution >= 0.6 is 27.7 Å². The van der Waals surface area contributed by atoms with Crippen LogP contribution in [0, 0.1) is 0 Å². The van der Waals surface area contributed by atoms with Gasteiger partial charge in [0.1, 0.15) is 16.2 Å². The summed E-state index contributed by atoms with van der Waals surface area (Å²) in [6.45, 7) is 7.52. The summed E-state index contributed by atoms with van der Waals surface area (Å²) in [6, 6.07) is 1.95. The standard InChI is InChI=1S/C13H20BrN3S/c1-9(2)12-16-10(14)7-11(17-12)15-8-13(3)5-4-6-18-13/h7,9H,4-6,8H2,1-3H3,(H,15,16,17). The van der Waals surface area contributed by atoms with Crippen molar-refractivity contribution in [2.75, 3.05) is 17.6 Å². The Morgan fingerprint density at radius 2 is 2.28 bits per heavy atom. The van der Waals surface area contributed by atoms with Crippen molar-refractivity contribution in [1.82, 2.24) is 9.97 Å². The molecule has 3 nitrogen and oxygen atoms in total. The van der Waals surface area contributed by atoms with Crippen LogP contribution in [-0.2, 0) is 0 Å². The molecule has 1 aliphatic heterocycles. The summed E-state index contributed by atoms with van der Waals surface area (Å²) in [6.07, 6.45) is 2.61. The molecule has 2 rings (SSSR count). The Morgan fingerprint density at radius 3 is 2.89 bits per heavy atom. The molecule has 0 bridgehead atoms. The molecule has 1 N–H and O–H groups in total. The van der Waals surface area contributed by atoms with Gasteiger partial charge in [0.05, 0.1) is 0 Å². The van der Waals surface area contributed by atoms with E-state index in [0.29, 0.717) is 10.7 Å². The number of nitrogens with one attached hydrogen (secondary N) is 1. The van der Waals surface area contributed by atoms with E-state index in [2.05, 4.69) is 63.7 Å². The van der Waals surface area contributed by atoms with Crippen LogP contribution in [0.3, 0.4) is 0 Å². The van der Waals surface area contributed by atoms with Crippen LogP contribution in [0.1, 0.15) is 45.4 Å². The van der Waals surface area contributed by atoms with Crippen molar-refractivity contribution < 1.29 is 0 Å². The average Bonchev–Trinajstić information content (AvgIpc) is 2.73. The molecule has 0 aromatic carbocycles. The fraction of sp³-hybridized carbons (Fsp3) is 0.692. The molecule has 1 aromatic rings. The first-order valence-electron chi connectivity index (χ1n) is 6.41. The fourth-order valence-corrected chi connectivity index (χ4v) is 3.68. The Hall–Kier alpha value is -0.290. The lowest BCUT2D eigenvalue weighted by Crippen LogP contribution is -2.27. The van der Waals surface area contributed by atoms with Crippen LogP contribution in [0.5, 0.6) is 0 Å². The smallest absolute Gasteiger partial charge is 0.134 e. The highest BCUT2D eigenvalue weighted by molar-refractivity contribution is 9.10. The molecule has 18 heavy (non-hydrogen) atoms. The minimum atomic E-state index is 0.347. The highest BCUT2D eigenvalue weighted by atomic mass is 79.9. The lowest BCUT2D eigenvalue weighted by molar-refractivity contribution is 0.632. The second kappa shape index (κ2) is 5.78. The van der Waals surface area contributed by atoms with Crippen molar-refractivity contribution in [2.24, 2.45) is 0 Å². The summed E-state index contributed by atoms with van der Waals surface area (Å²) in [7, 11) is 0. The zero-order chi connectivity index (χ0) is 13.2. The van der Waals surface area contributed by atoms with Gasteiger partial charge in [0.15, 0.2) is 0 Å². The van der Waals surface area contributed by atoms with Crippen LogP contribution < -0.4 is 5.32 Å². The average molecular weight is 330 g/mol. The molecular formula is C13H20BrN3S. The van der Waals surface area contributed by atoms with E-state index in [1.165, 1.54) is 18.6 Å². The number of thioether (sulfide) groups is 1. The predicted molar refractivity (Wildman–Crippen MR) is 82.4 cm³/mol. The molecule has 5 heteroatoms. The quantitative estimate of drug-likeness (QED) is 0.845. The number of aromatic nitrogens is 2. The van der Waals surface area contributed by atoms with Crippen LogP contribution in [0.2, 0.25) is 0 Å². The Morgan fingerprint density at radius 1 is 1.50 bits per heavy atom. The normalized spacial score (nSPS) is 23.6. The van der Waals surface area contributed by atoms with Gasteiger partial charge in [-0.1, -0.05) is 13.8 Å². The molecular weight excluding hydrogens is 310 g/mol. The van der Waals surface area contributed by atoms with Crippen LogP contribution in [0.15, 0.2) is 10.7 Å². The van der Waals surface area contributed by atoms with Gasteiger partial charge in [-0.2, -0.15) is 11.8 Å². The maximum Gasteiger partial charge on any atom is 0.134 e. The SMILES string of the molecule is CC(C)c1nc(Br)cc(NCC2(C)CCCS2)n1. The number of nitrogens with zero attached hydrogens (tertiary/aromatic N) is 2. The van der Waals surface area contributed by atoms with E-state index >= 15 is 0 Å². The van der Waals surface area contributed by atoms with Gasteiger partial charge in [0, 0.05) is 23.3 Å². The second-order valence-electron chi connectivity index (χ2n) is 5.34. The maximum absolute atomic E-state index is 4.56. The van der Waals surface area contributed by atoms with Gasteiger partial charge in [-0.25, -0.2) is 9.97 Å². The van der Waals surface area contributed by atoms with Crippen molar-refractivity contribution in [3.63, 3.8) is 0 Å². The van der Waals surface area contributed by atoms with Crippen molar-refractivity contribution in [3.05, 3.63) is 16.5 Å². The van der Waals surface area contributed by atoms with Gasteiger partial charge < -0.3 is 5.32 Å². The van der Waals surface area contributed by atoms with Crippen LogP contribution in [0.25, 0.3) is 0 Å². The first-order chi connectivity index (χ1) is 8.48. The minimum absolute atomic E-state index is 0.347. The van der Waals surface area contributed by atoms with E-state index in [4.69, 9.17) is 0 Å². The van der Waals surface area contributed by atoms with E-state index in [1.54, 1.807) is 0 Å². The molecule has 0 aliphatic carbocycles. The van der Waals surface area contributed by atoms with Gasteiger partial charge in [-0.05, 0) is 41.4 Å². The van der Waals surface area contributed by atoms with Crippen LogP contribution in [0.4, 0.5) is 5.82 Å². The number of anilines is 1. The first kappa shape index (κ1) is 14.1. The Balaban J connectivity index is 2.04. The highest BCUT2D eigenvalue weighted by Crippen LogP contribution is 2.37. The van der Waals surface area contributed by atoms with Gasteiger partial charge in [-0.15, -0.1) is 0 Å². The third-order valence-corrected chi connectivity index (χ3v) is 5.12. The molecule has 100 valence electrons. The van der Waals surface area contributed by atoms with Gasteiger partial charge >= 0.3 is 0 Å². The third kappa shape index (κ3) is 3.60. The minimum Gasteiger partial charge on any atom is -0.369 e. The Labute approximate surface area is 122 Å². The fourth-order valence-electron chi connectivity index (χ4n) is 2.04. The summed E-state index contributed by atoms with van der Waals surface area (Å²) < 4.78 is 1.21. The lowest BCUT2D eigenvalue weighted by Gasteiger charge is -2.23. The Bertz CT molecular complexity index is 417. The summed E-state index contributed by atoms with van der Waals surface area (Å²) >= 11 is 5.51. The van der Waals surface area contributed by atoms with E-state index in [9.17, 15) is 0 Å². The lowest BCUT2D eigenvalue weighted by atomic mass is 10.1. The molecule has 1 aromatic heterocycles. The van der Waals surface area contributed by atoms with Crippen molar-refractivity contribution in [3.8, 4) is 0 Å². The van der Waals surface area contributed by atoms with E-state index in [0.717, 1.165) is 22.8 Å². The number of hydrogen-bond donors (Lipinski definition) is 1. The van der Waals surface area contributed by atoms with Crippen molar-refractivity contribution in [1.29, 1.82) is 0 Å². The van der Waals surface area contributed by atoms with Gasteiger partial charge in [0.25, 0.3) is 0 Å². The molecule has 0 radical (unpaired) electrons. The molecule has 2 heterocycles. The molecule has 0 saturated carbocycles. The monoisotopic (exact) mass is 329 g/mol. The van der Waals surface area contributed by atoms with E-state index in [-0.39, 0.29) is 0 Å². The summed E-state index contributed by atoms with van der Waals surface area (Å²) in [5.41, 5.74) is 0. The predicted octanol–water partition coefficient (Wildman–Crippen LogP) is 4.06. The first-order valence-corrected chi connectivity index (χ1v) is 8.19. The van der Waals surface area contributed by atoms with E-state index in [1.807, 2.05) is 6.07 Å². The second-order valence-corrected chi connectivity index (χ2v) is 7.84. The molecule has 1 saturated heterocycles. The molecule has 0 amide bonds.